The first-order chi connectivity index (χ1) is 15.2. The molecule has 1 aliphatic heterocycles. The molecule has 0 amide bonds. The number of rotatable bonds is 4. The SMILES string of the molecule is Cn1c(=O)c2c(C(F)(F)F)cc([C@@H]3CCCN(CCc4ccccc4)C3)nc2n(C)c1=O. The molecule has 9 heteroatoms. The van der Waals surface area contributed by atoms with Crippen molar-refractivity contribution < 1.29 is 13.2 Å². The molecule has 0 N–H and O–H groups in total. The van der Waals surface area contributed by atoms with Gasteiger partial charge in [-0.05, 0) is 37.4 Å². The number of hydrogen-bond donors (Lipinski definition) is 0. The lowest BCUT2D eigenvalue weighted by Gasteiger charge is -2.33. The van der Waals surface area contributed by atoms with Gasteiger partial charge in [-0.1, -0.05) is 30.3 Å². The number of halogens is 3. The minimum atomic E-state index is -4.73. The van der Waals surface area contributed by atoms with Gasteiger partial charge in [-0.15, -0.1) is 0 Å². The van der Waals surface area contributed by atoms with E-state index in [0.717, 1.165) is 36.6 Å². The van der Waals surface area contributed by atoms with Crippen molar-refractivity contribution in [2.24, 2.45) is 14.1 Å². The van der Waals surface area contributed by atoms with Crippen molar-refractivity contribution in [3.63, 3.8) is 0 Å². The highest BCUT2D eigenvalue weighted by Crippen LogP contribution is 2.36. The molecule has 170 valence electrons. The molecule has 0 unspecified atom stereocenters. The molecular weight excluding hydrogens is 421 g/mol. The lowest BCUT2D eigenvalue weighted by atomic mass is 9.92. The quantitative estimate of drug-likeness (QED) is 0.618. The number of benzene rings is 1. The Morgan fingerprint density at radius 3 is 2.50 bits per heavy atom. The number of alkyl halides is 3. The van der Waals surface area contributed by atoms with Crippen molar-refractivity contribution in [2.45, 2.75) is 31.4 Å². The topological polar surface area (TPSA) is 60.1 Å². The number of hydrogen-bond acceptors (Lipinski definition) is 4. The zero-order chi connectivity index (χ0) is 23.0. The minimum Gasteiger partial charge on any atom is -0.302 e. The maximum absolute atomic E-state index is 13.9. The van der Waals surface area contributed by atoms with Gasteiger partial charge < -0.3 is 4.90 Å². The highest BCUT2D eigenvalue weighted by atomic mass is 19.4. The Hall–Kier alpha value is -2.94. The van der Waals surface area contributed by atoms with Crippen LogP contribution in [-0.4, -0.2) is 38.7 Å². The fraction of sp³-hybridized carbons (Fsp3) is 0.435. The van der Waals surface area contributed by atoms with Crippen LogP contribution in [0.1, 0.15) is 35.6 Å². The molecule has 1 fully saturated rings. The number of likely N-dealkylation sites (tertiary alicyclic amines) is 1. The first-order valence-electron chi connectivity index (χ1n) is 10.6. The molecule has 6 nitrogen and oxygen atoms in total. The summed E-state index contributed by atoms with van der Waals surface area (Å²) in [5.74, 6) is -0.204. The van der Waals surface area contributed by atoms with Gasteiger partial charge in [0.05, 0.1) is 10.9 Å². The summed E-state index contributed by atoms with van der Waals surface area (Å²) in [6.45, 7) is 2.27. The van der Waals surface area contributed by atoms with E-state index in [0.29, 0.717) is 17.5 Å². The van der Waals surface area contributed by atoms with E-state index in [9.17, 15) is 22.8 Å². The van der Waals surface area contributed by atoms with E-state index < -0.39 is 28.4 Å². The largest absolute Gasteiger partial charge is 0.417 e. The monoisotopic (exact) mass is 446 g/mol. The highest BCUT2D eigenvalue weighted by molar-refractivity contribution is 5.79. The van der Waals surface area contributed by atoms with E-state index in [4.69, 9.17) is 0 Å². The van der Waals surface area contributed by atoms with Crippen molar-refractivity contribution in [3.8, 4) is 0 Å². The van der Waals surface area contributed by atoms with Crippen molar-refractivity contribution in [1.82, 2.24) is 19.0 Å². The van der Waals surface area contributed by atoms with Crippen LogP contribution in [0.15, 0.2) is 46.0 Å². The molecule has 1 aliphatic rings. The normalized spacial score (nSPS) is 17.7. The summed E-state index contributed by atoms with van der Waals surface area (Å²) in [6.07, 6.45) is -2.33. The van der Waals surface area contributed by atoms with Crippen LogP contribution >= 0.6 is 0 Å². The molecule has 0 bridgehead atoms. The summed E-state index contributed by atoms with van der Waals surface area (Å²) in [5, 5.41) is -0.567. The van der Waals surface area contributed by atoms with Gasteiger partial charge in [0.15, 0.2) is 0 Å². The molecule has 3 aromatic rings. The lowest BCUT2D eigenvalue weighted by molar-refractivity contribution is -0.136. The van der Waals surface area contributed by atoms with Crippen molar-refractivity contribution >= 4 is 11.0 Å². The molecule has 1 saturated heterocycles. The van der Waals surface area contributed by atoms with Crippen LogP contribution < -0.4 is 11.2 Å². The second-order valence-electron chi connectivity index (χ2n) is 8.37. The van der Waals surface area contributed by atoms with Crippen LogP contribution in [-0.2, 0) is 26.7 Å². The van der Waals surface area contributed by atoms with E-state index in [1.54, 1.807) is 0 Å². The van der Waals surface area contributed by atoms with Crippen LogP contribution in [0.3, 0.4) is 0 Å². The number of fused-ring (bicyclic) bond motifs is 1. The summed E-state index contributed by atoms with van der Waals surface area (Å²) >= 11 is 0. The van der Waals surface area contributed by atoms with Crippen molar-refractivity contribution in [1.29, 1.82) is 0 Å². The Labute approximate surface area is 182 Å². The number of pyridine rings is 1. The predicted octanol–water partition coefficient (Wildman–Crippen LogP) is 3.07. The third-order valence-corrected chi connectivity index (χ3v) is 6.22. The van der Waals surface area contributed by atoms with Crippen molar-refractivity contribution in [3.05, 3.63) is 74.1 Å². The second kappa shape index (κ2) is 8.54. The third kappa shape index (κ3) is 4.21. The average molecular weight is 446 g/mol. The molecule has 0 spiro atoms. The molecule has 1 atom stereocenters. The maximum Gasteiger partial charge on any atom is 0.417 e. The summed E-state index contributed by atoms with van der Waals surface area (Å²) in [4.78, 5) is 31.5. The van der Waals surface area contributed by atoms with E-state index in [2.05, 4.69) is 22.0 Å². The van der Waals surface area contributed by atoms with Crippen LogP contribution in [0.2, 0.25) is 0 Å². The van der Waals surface area contributed by atoms with Gasteiger partial charge in [-0.25, -0.2) is 9.78 Å². The molecule has 3 heterocycles. The van der Waals surface area contributed by atoms with Gasteiger partial charge in [-0.3, -0.25) is 13.9 Å². The summed E-state index contributed by atoms with van der Waals surface area (Å²) in [5.41, 5.74) is -1.45. The van der Waals surface area contributed by atoms with Gasteiger partial charge in [0.1, 0.15) is 5.65 Å². The van der Waals surface area contributed by atoms with Crippen LogP contribution in [0.5, 0.6) is 0 Å². The molecule has 0 saturated carbocycles. The average Bonchev–Trinajstić information content (AvgIpc) is 2.79. The number of aryl methyl sites for hydroxylation is 1. The maximum atomic E-state index is 13.9. The molecule has 32 heavy (non-hydrogen) atoms. The number of piperidine rings is 1. The van der Waals surface area contributed by atoms with Gasteiger partial charge in [-0.2, -0.15) is 13.2 Å². The second-order valence-corrected chi connectivity index (χ2v) is 8.37. The van der Waals surface area contributed by atoms with E-state index in [-0.39, 0.29) is 17.3 Å². The third-order valence-electron chi connectivity index (χ3n) is 6.22. The Balaban J connectivity index is 1.71. The first-order valence-corrected chi connectivity index (χ1v) is 10.6. The van der Waals surface area contributed by atoms with Crippen LogP contribution in [0, 0.1) is 0 Å². The number of aromatic nitrogens is 3. The number of nitrogens with zero attached hydrogens (tertiary/aromatic N) is 4. The Bertz CT molecular complexity index is 1250. The zero-order valence-corrected chi connectivity index (χ0v) is 18.0. The molecule has 1 aromatic carbocycles. The molecule has 0 aliphatic carbocycles. The summed E-state index contributed by atoms with van der Waals surface area (Å²) < 4.78 is 43.5. The van der Waals surface area contributed by atoms with E-state index >= 15 is 0 Å². The minimum absolute atomic E-state index is 0.204. The Morgan fingerprint density at radius 1 is 1.09 bits per heavy atom. The Kier molecular flexibility index (Phi) is 5.94. The van der Waals surface area contributed by atoms with Gasteiger partial charge >= 0.3 is 11.9 Å². The highest BCUT2D eigenvalue weighted by Gasteiger charge is 2.37. The van der Waals surface area contributed by atoms with Crippen molar-refractivity contribution in [2.75, 3.05) is 19.6 Å². The van der Waals surface area contributed by atoms with E-state index in [1.165, 1.54) is 19.7 Å². The molecule has 2 aromatic heterocycles. The summed E-state index contributed by atoms with van der Waals surface area (Å²) in [7, 11) is 2.51. The molecule has 0 radical (unpaired) electrons. The van der Waals surface area contributed by atoms with Crippen LogP contribution in [0.25, 0.3) is 11.0 Å². The van der Waals surface area contributed by atoms with Gasteiger partial charge in [0.2, 0.25) is 0 Å². The van der Waals surface area contributed by atoms with E-state index in [1.807, 2.05) is 18.2 Å². The fourth-order valence-electron chi connectivity index (χ4n) is 4.44. The standard InChI is InChI=1S/C23H25F3N4O2/c1-28-20-19(21(31)29(2)22(28)32)17(23(24,25)26)13-18(27-20)16-9-6-11-30(14-16)12-10-15-7-4-3-5-8-15/h3-5,7-8,13,16H,6,9-12,14H2,1-2H3/t16-/m1/s1. The van der Waals surface area contributed by atoms with Gasteiger partial charge in [0.25, 0.3) is 5.56 Å². The zero-order valence-electron chi connectivity index (χ0n) is 18.0. The molecular formula is C23H25F3N4O2. The summed E-state index contributed by atoms with van der Waals surface area (Å²) in [6, 6.07) is 11.1. The smallest absolute Gasteiger partial charge is 0.302 e. The molecule has 4 rings (SSSR count). The van der Waals surface area contributed by atoms with Crippen LogP contribution in [0.4, 0.5) is 13.2 Å². The van der Waals surface area contributed by atoms with Gasteiger partial charge in [0, 0.05) is 38.8 Å². The first kappa shape index (κ1) is 22.3. The predicted molar refractivity (Wildman–Crippen MR) is 116 cm³/mol. The lowest BCUT2D eigenvalue weighted by Crippen LogP contribution is -2.39. The fourth-order valence-corrected chi connectivity index (χ4v) is 4.44. The Morgan fingerprint density at radius 2 is 1.81 bits per heavy atom.